The van der Waals surface area contributed by atoms with E-state index in [-0.39, 0.29) is 18.3 Å². The Labute approximate surface area is 178 Å². The topological polar surface area (TPSA) is 82.2 Å². The first kappa shape index (κ1) is 19.7. The molecule has 7 nitrogen and oxygen atoms in total. The first-order valence-electron chi connectivity index (χ1n) is 9.29. The first-order chi connectivity index (χ1) is 14.6. The lowest BCUT2D eigenvalue weighted by atomic mass is 10.1. The second-order valence-corrected chi connectivity index (χ2v) is 7.09. The number of furan rings is 1. The van der Waals surface area contributed by atoms with E-state index in [2.05, 4.69) is 15.4 Å². The molecule has 0 bridgehead atoms. The first-order valence-corrected chi connectivity index (χ1v) is 9.67. The summed E-state index contributed by atoms with van der Waals surface area (Å²) in [6.07, 6.45) is 1.58. The van der Waals surface area contributed by atoms with Gasteiger partial charge < -0.3 is 9.15 Å². The molecule has 0 radical (unpaired) electrons. The number of amides is 1. The van der Waals surface area contributed by atoms with Crippen LogP contribution in [0.5, 0.6) is 5.75 Å². The van der Waals surface area contributed by atoms with Crippen LogP contribution in [-0.2, 0) is 13.2 Å². The minimum atomic E-state index is -0.429. The van der Waals surface area contributed by atoms with Crippen molar-refractivity contribution >= 4 is 23.5 Å². The summed E-state index contributed by atoms with van der Waals surface area (Å²) in [6, 6.07) is 18.3. The molecule has 0 unspecified atom stereocenters. The van der Waals surface area contributed by atoms with E-state index < -0.39 is 5.91 Å². The van der Waals surface area contributed by atoms with Crippen LogP contribution in [0, 0.1) is 6.92 Å². The minimum absolute atomic E-state index is 0.153. The van der Waals surface area contributed by atoms with Gasteiger partial charge in [-0.15, -0.1) is 5.10 Å². The van der Waals surface area contributed by atoms with E-state index in [1.165, 1.54) is 5.56 Å². The largest absolute Gasteiger partial charge is 0.486 e. The van der Waals surface area contributed by atoms with Crippen molar-refractivity contribution in [1.29, 1.82) is 0 Å². The molecule has 0 saturated heterocycles. The summed E-state index contributed by atoms with van der Waals surface area (Å²) in [5.74, 6) is 1.11. The van der Waals surface area contributed by atoms with E-state index in [1.54, 1.807) is 47.4 Å². The third kappa shape index (κ3) is 4.87. The number of halogens is 1. The van der Waals surface area contributed by atoms with Gasteiger partial charge in [-0.05, 0) is 54.4 Å². The lowest BCUT2D eigenvalue weighted by Crippen LogP contribution is -2.12. The molecular weight excluding hydrogens is 404 g/mol. The molecule has 1 N–H and O–H groups in total. The molecule has 4 aromatic rings. The lowest BCUT2D eigenvalue weighted by Gasteiger charge is -2.04. The summed E-state index contributed by atoms with van der Waals surface area (Å²) in [4.78, 5) is 16.6. The molecule has 8 heteroatoms. The Bertz CT molecular complexity index is 1150. The molecule has 1 amide bonds. The van der Waals surface area contributed by atoms with E-state index in [4.69, 9.17) is 20.8 Å². The van der Waals surface area contributed by atoms with E-state index in [1.807, 2.05) is 31.2 Å². The molecule has 4 rings (SSSR count). The molecule has 30 heavy (non-hydrogen) atoms. The minimum Gasteiger partial charge on any atom is -0.486 e. The number of carbonyl (C=O) groups is 1. The van der Waals surface area contributed by atoms with Crippen molar-refractivity contribution in [3.63, 3.8) is 0 Å². The molecule has 2 aromatic carbocycles. The van der Waals surface area contributed by atoms with Crippen molar-refractivity contribution in [2.75, 3.05) is 5.32 Å². The molecule has 0 aliphatic heterocycles. The normalized spacial score (nSPS) is 10.7. The van der Waals surface area contributed by atoms with Crippen LogP contribution in [0.25, 0.3) is 0 Å². The van der Waals surface area contributed by atoms with Crippen molar-refractivity contribution in [2.24, 2.45) is 0 Å². The number of hydrogen-bond donors (Lipinski definition) is 1. The summed E-state index contributed by atoms with van der Waals surface area (Å²) in [6.45, 7) is 2.81. The quantitative estimate of drug-likeness (QED) is 0.466. The third-order valence-electron chi connectivity index (χ3n) is 4.44. The number of carbonyl (C=O) groups excluding carboxylic acids is 1. The van der Waals surface area contributed by atoms with Crippen LogP contribution in [0.3, 0.4) is 0 Å². The van der Waals surface area contributed by atoms with Crippen LogP contribution in [0.1, 0.15) is 27.4 Å². The van der Waals surface area contributed by atoms with Crippen LogP contribution in [-0.4, -0.2) is 20.7 Å². The lowest BCUT2D eigenvalue weighted by molar-refractivity contribution is 0.0991. The van der Waals surface area contributed by atoms with Crippen LogP contribution in [0.4, 0.5) is 5.95 Å². The van der Waals surface area contributed by atoms with E-state index >= 15 is 0 Å². The Morgan fingerprint density at radius 1 is 1.13 bits per heavy atom. The highest BCUT2D eigenvalue weighted by atomic mass is 35.5. The van der Waals surface area contributed by atoms with Gasteiger partial charge >= 0.3 is 0 Å². The molecule has 0 fully saturated rings. The SMILES string of the molecule is Cc1ccccc1Cn1cnc(NC(=O)c2ccc(COc3ccc(Cl)cc3)o2)n1. The van der Waals surface area contributed by atoms with Crippen molar-refractivity contribution in [2.45, 2.75) is 20.1 Å². The Morgan fingerprint density at radius 3 is 2.73 bits per heavy atom. The van der Waals surface area contributed by atoms with Gasteiger partial charge in [-0.1, -0.05) is 35.9 Å². The number of ether oxygens (including phenoxy) is 1. The fraction of sp³-hybridized carbons (Fsp3) is 0.136. The van der Waals surface area contributed by atoms with E-state index in [0.29, 0.717) is 23.1 Å². The van der Waals surface area contributed by atoms with Gasteiger partial charge in [0.1, 0.15) is 24.4 Å². The van der Waals surface area contributed by atoms with Gasteiger partial charge in [0.05, 0.1) is 6.54 Å². The highest BCUT2D eigenvalue weighted by molar-refractivity contribution is 6.30. The van der Waals surface area contributed by atoms with Gasteiger partial charge in [0.2, 0.25) is 5.95 Å². The Kier molecular flexibility index (Phi) is 5.81. The monoisotopic (exact) mass is 422 g/mol. The zero-order valence-electron chi connectivity index (χ0n) is 16.2. The maximum atomic E-state index is 12.4. The van der Waals surface area contributed by atoms with Gasteiger partial charge in [-0.2, -0.15) is 0 Å². The van der Waals surface area contributed by atoms with Crippen molar-refractivity contribution < 1.29 is 13.9 Å². The number of aryl methyl sites for hydroxylation is 1. The molecule has 2 aromatic heterocycles. The second-order valence-electron chi connectivity index (χ2n) is 6.65. The molecule has 0 atom stereocenters. The number of nitrogens with zero attached hydrogens (tertiary/aromatic N) is 3. The number of rotatable bonds is 7. The van der Waals surface area contributed by atoms with E-state index in [9.17, 15) is 4.79 Å². The average molecular weight is 423 g/mol. The summed E-state index contributed by atoms with van der Waals surface area (Å²) in [7, 11) is 0. The van der Waals surface area contributed by atoms with Gasteiger partial charge in [0.25, 0.3) is 5.91 Å². The van der Waals surface area contributed by atoms with E-state index in [0.717, 1.165) is 5.56 Å². The fourth-order valence-electron chi connectivity index (χ4n) is 2.82. The zero-order chi connectivity index (χ0) is 20.9. The van der Waals surface area contributed by atoms with Crippen LogP contribution < -0.4 is 10.1 Å². The summed E-state index contributed by atoms with van der Waals surface area (Å²) in [5.41, 5.74) is 2.30. The van der Waals surface area contributed by atoms with Crippen molar-refractivity contribution in [1.82, 2.24) is 14.8 Å². The molecule has 0 saturated carbocycles. The average Bonchev–Trinajstić information content (AvgIpc) is 3.39. The fourth-order valence-corrected chi connectivity index (χ4v) is 2.94. The van der Waals surface area contributed by atoms with Gasteiger partial charge in [-0.3, -0.25) is 10.1 Å². The Balaban J connectivity index is 1.34. The molecule has 0 spiro atoms. The van der Waals surface area contributed by atoms with Crippen molar-refractivity contribution in [3.05, 3.63) is 94.7 Å². The maximum Gasteiger partial charge on any atom is 0.293 e. The van der Waals surface area contributed by atoms with Gasteiger partial charge in [-0.25, -0.2) is 9.67 Å². The Hall–Kier alpha value is -3.58. The third-order valence-corrected chi connectivity index (χ3v) is 4.69. The smallest absolute Gasteiger partial charge is 0.293 e. The van der Waals surface area contributed by atoms with Crippen LogP contribution in [0.15, 0.2) is 71.4 Å². The molecule has 2 heterocycles. The molecule has 0 aliphatic rings. The number of benzene rings is 2. The molecule has 0 aliphatic carbocycles. The highest BCUT2D eigenvalue weighted by Crippen LogP contribution is 2.18. The zero-order valence-corrected chi connectivity index (χ0v) is 17.0. The second kappa shape index (κ2) is 8.84. The predicted octanol–water partition coefficient (Wildman–Crippen LogP) is 4.71. The van der Waals surface area contributed by atoms with Crippen LogP contribution >= 0.6 is 11.6 Å². The highest BCUT2D eigenvalue weighted by Gasteiger charge is 2.14. The maximum absolute atomic E-state index is 12.4. The number of hydrogen-bond acceptors (Lipinski definition) is 5. The predicted molar refractivity (Wildman–Crippen MR) is 113 cm³/mol. The Morgan fingerprint density at radius 2 is 1.93 bits per heavy atom. The number of anilines is 1. The van der Waals surface area contributed by atoms with Crippen LogP contribution in [0.2, 0.25) is 5.02 Å². The number of aromatic nitrogens is 3. The van der Waals surface area contributed by atoms with Gasteiger partial charge in [0.15, 0.2) is 5.76 Å². The molecular formula is C22H19ClN4O3. The van der Waals surface area contributed by atoms with Crippen molar-refractivity contribution in [3.8, 4) is 5.75 Å². The number of nitrogens with one attached hydrogen (secondary N) is 1. The summed E-state index contributed by atoms with van der Waals surface area (Å²) < 4.78 is 12.8. The van der Waals surface area contributed by atoms with Gasteiger partial charge in [0, 0.05) is 5.02 Å². The molecule has 152 valence electrons. The standard InChI is InChI=1S/C22H19ClN4O3/c1-15-4-2-3-5-16(15)12-27-14-24-22(26-27)25-21(28)20-11-10-19(30-20)13-29-18-8-6-17(23)7-9-18/h2-11,14H,12-13H2,1H3,(H,25,26,28). The summed E-state index contributed by atoms with van der Waals surface area (Å²) in [5, 5.41) is 7.57. The summed E-state index contributed by atoms with van der Waals surface area (Å²) >= 11 is 5.85.